The molecule has 0 saturated carbocycles. The van der Waals surface area contributed by atoms with Crippen LogP contribution in [0.1, 0.15) is 30.7 Å². The van der Waals surface area contributed by atoms with Crippen LogP contribution < -0.4 is 10.5 Å². The van der Waals surface area contributed by atoms with E-state index >= 15 is 0 Å². The number of benzene rings is 1. The van der Waals surface area contributed by atoms with Gasteiger partial charge in [-0.3, -0.25) is 0 Å². The molecule has 114 valence electrons. The number of para-hydroxylation sites is 1. The summed E-state index contributed by atoms with van der Waals surface area (Å²) in [6.07, 6.45) is 1.48. The van der Waals surface area contributed by atoms with Crippen molar-refractivity contribution in [2.45, 2.75) is 30.7 Å². The molecule has 1 unspecified atom stereocenters. The molecule has 3 N–H and O–H groups in total. The van der Waals surface area contributed by atoms with Crippen LogP contribution in [-0.2, 0) is 10.0 Å². The summed E-state index contributed by atoms with van der Waals surface area (Å²) in [5.74, 6) is -0.735. The Morgan fingerprint density at radius 2 is 2.10 bits per heavy atom. The van der Waals surface area contributed by atoms with E-state index in [4.69, 9.17) is 5.73 Å². The fourth-order valence-corrected chi connectivity index (χ4v) is 4.32. The molecule has 0 saturated heterocycles. The van der Waals surface area contributed by atoms with Crippen molar-refractivity contribution in [3.8, 4) is 0 Å². The number of sulfonamides is 1. The highest BCUT2D eigenvalue weighted by atomic mass is 32.2. The van der Waals surface area contributed by atoms with Crippen molar-refractivity contribution in [2.75, 3.05) is 5.73 Å². The van der Waals surface area contributed by atoms with E-state index in [2.05, 4.69) is 4.72 Å². The summed E-state index contributed by atoms with van der Waals surface area (Å²) in [4.78, 5) is 0.704. The van der Waals surface area contributed by atoms with E-state index in [0.717, 1.165) is 17.4 Å². The third-order valence-corrected chi connectivity index (χ3v) is 5.58. The summed E-state index contributed by atoms with van der Waals surface area (Å²) in [5.41, 5.74) is 5.19. The van der Waals surface area contributed by atoms with Crippen LogP contribution in [-0.4, -0.2) is 8.42 Å². The Bertz CT molecular complexity index is 700. The average molecular weight is 328 g/mol. The summed E-state index contributed by atoms with van der Waals surface area (Å²) in [7, 11) is -3.87. The summed E-state index contributed by atoms with van der Waals surface area (Å²) in [6.45, 7) is 1.98. The maximum absolute atomic E-state index is 13.5. The summed E-state index contributed by atoms with van der Waals surface area (Å²) in [6, 6.07) is 7.19. The highest BCUT2D eigenvalue weighted by Crippen LogP contribution is 2.27. The molecule has 0 aliphatic rings. The predicted molar refractivity (Wildman–Crippen MR) is 83.1 cm³/mol. The van der Waals surface area contributed by atoms with Gasteiger partial charge in [-0.05, 0) is 30.0 Å². The lowest BCUT2D eigenvalue weighted by Crippen LogP contribution is -2.29. The Kier molecular flexibility index (Phi) is 4.97. The van der Waals surface area contributed by atoms with Crippen LogP contribution in [0.3, 0.4) is 0 Å². The van der Waals surface area contributed by atoms with E-state index in [9.17, 15) is 12.8 Å². The molecule has 0 bridgehead atoms. The minimum Gasteiger partial charge on any atom is -0.395 e. The first-order valence-corrected chi connectivity index (χ1v) is 8.91. The fraction of sp³-hybridized carbons (Fsp3) is 0.286. The molecular formula is C14H17FN2O2S2. The first-order chi connectivity index (χ1) is 9.95. The highest BCUT2D eigenvalue weighted by Gasteiger charge is 2.24. The van der Waals surface area contributed by atoms with Gasteiger partial charge in [0, 0.05) is 4.88 Å². The lowest BCUT2D eigenvalue weighted by molar-refractivity contribution is 0.539. The van der Waals surface area contributed by atoms with Crippen LogP contribution in [0.15, 0.2) is 40.6 Å². The number of nitrogen functional groups attached to an aromatic ring is 1. The van der Waals surface area contributed by atoms with Gasteiger partial charge in [-0.1, -0.05) is 25.5 Å². The number of nitrogens with two attached hydrogens (primary N) is 1. The van der Waals surface area contributed by atoms with Crippen molar-refractivity contribution >= 4 is 27.0 Å². The first kappa shape index (κ1) is 15.9. The SMILES string of the molecule is CCCC(NS(=O)(=O)c1cccc(F)c1N)c1cccs1. The van der Waals surface area contributed by atoms with Crippen LogP contribution in [0.25, 0.3) is 0 Å². The van der Waals surface area contributed by atoms with E-state index in [1.54, 1.807) is 0 Å². The second-order valence-corrected chi connectivity index (χ2v) is 7.29. The molecule has 0 radical (unpaired) electrons. The number of thiophene rings is 1. The van der Waals surface area contributed by atoms with Crippen LogP contribution in [0.5, 0.6) is 0 Å². The number of nitrogens with one attached hydrogen (secondary N) is 1. The molecule has 2 rings (SSSR count). The van der Waals surface area contributed by atoms with Crippen molar-refractivity contribution in [1.82, 2.24) is 4.72 Å². The van der Waals surface area contributed by atoms with Gasteiger partial charge < -0.3 is 5.73 Å². The van der Waals surface area contributed by atoms with Gasteiger partial charge in [0.25, 0.3) is 0 Å². The maximum Gasteiger partial charge on any atom is 0.243 e. The van der Waals surface area contributed by atoms with Gasteiger partial charge in [-0.15, -0.1) is 11.3 Å². The quantitative estimate of drug-likeness (QED) is 0.799. The number of rotatable bonds is 6. The summed E-state index contributed by atoms with van der Waals surface area (Å²) < 4.78 is 40.9. The average Bonchev–Trinajstić information content (AvgIpc) is 2.95. The van der Waals surface area contributed by atoms with Gasteiger partial charge in [0.1, 0.15) is 10.7 Å². The molecule has 0 aliphatic heterocycles. The van der Waals surface area contributed by atoms with E-state index in [-0.39, 0.29) is 16.6 Å². The summed E-state index contributed by atoms with van der Waals surface area (Å²) in [5, 5.41) is 1.89. The zero-order valence-corrected chi connectivity index (χ0v) is 13.2. The molecule has 4 nitrogen and oxygen atoms in total. The standard InChI is InChI=1S/C14H17FN2O2S2/c1-2-5-11(12-7-4-9-20-12)17-21(18,19)13-8-3-6-10(15)14(13)16/h3-4,6-9,11,17H,2,5,16H2,1H3. The zero-order valence-electron chi connectivity index (χ0n) is 11.5. The van der Waals surface area contributed by atoms with Crippen LogP contribution in [0.4, 0.5) is 10.1 Å². The molecule has 0 fully saturated rings. The Hall–Kier alpha value is -1.44. The molecule has 0 spiro atoms. The molecular weight excluding hydrogens is 311 g/mol. The molecule has 0 aliphatic carbocycles. The second-order valence-electron chi connectivity index (χ2n) is 4.63. The number of anilines is 1. The normalized spacial score (nSPS) is 13.2. The zero-order chi connectivity index (χ0) is 15.5. The molecule has 2 aromatic rings. The van der Waals surface area contributed by atoms with Crippen molar-refractivity contribution in [3.05, 3.63) is 46.4 Å². The van der Waals surface area contributed by atoms with Gasteiger partial charge in [0.15, 0.2) is 0 Å². The van der Waals surface area contributed by atoms with Crippen molar-refractivity contribution in [1.29, 1.82) is 0 Å². The minimum absolute atomic E-state index is 0.222. The highest BCUT2D eigenvalue weighted by molar-refractivity contribution is 7.89. The molecule has 1 heterocycles. The number of halogens is 1. The van der Waals surface area contributed by atoms with Gasteiger partial charge in [0.2, 0.25) is 10.0 Å². The third kappa shape index (κ3) is 3.61. The lowest BCUT2D eigenvalue weighted by atomic mass is 10.1. The largest absolute Gasteiger partial charge is 0.395 e. The maximum atomic E-state index is 13.5. The smallest absolute Gasteiger partial charge is 0.243 e. The van der Waals surface area contributed by atoms with Crippen LogP contribution >= 0.6 is 11.3 Å². The van der Waals surface area contributed by atoms with Gasteiger partial charge in [0.05, 0.1) is 11.7 Å². The Morgan fingerprint density at radius 1 is 1.33 bits per heavy atom. The number of hydrogen-bond acceptors (Lipinski definition) is 4. The number of hydrogen-bond donors (Lipinski definition) is 2. The van der Waals surface area contributed by atoms with Gasteiger partial charge in [-0.2, -0.15) is 0 Å². The fourth-order valence-electron chi connectivity index (χ4n) is 2.04. The van der Waals surface area contributed by atoms with E-state index in [0.29, 0.717) is 6.42 Å². The minimum atomic E-state index is -3.87. The molecule has 1 aromatic carbocycles. The molecule has 0 amide bonds. The topological polar surface area (TPSA) is 72.2 Å². The van der Waals surface area contributed by atoms with E-state index < -0.39 is 15.8 Å². The molecule has 1 atom stereocenters. The predicted octanol–water partition coefficient (Wildman–Crippen LogP) is 3.29. The van der Waals surface area contributed by atoms with Gasteiger partial charge in [-0.25, -0.2) is 17.5 Å². The molecule has 1 aromatic heterocycles. The Balaban J connectivity index is 2.33. The van der Waals surface area contributed by atoms with Crippen LogP contribution in [0, 0.1) is 5.82 Å². The van der Waals surface area contributed by atoms with Crippen molar-refractivity contribution in [3.63, 3.8) is 0 Å². The van der Waals surface area contributed by atoms with Gasteiger partial charge >= 0.3 is 0 Å². The Morgan fingerprint density at radius 3 is 2.71 bits per heavy atom. The lowest BCUT2D eigenvalue weighted by Gasteiger charge is -2.17. The van der Waals surface area contributed by atoms with E-state index in [1.807, 2.05) is 24.4 Å². The molecule has 7 heteroatoms. The second kappa shape index (κ2) is 6.55. The first-order valence-electron chi connectivity index (χ1n) is 6.55. The van der Waals surface area contributed by atoms with E-state index in [1.165, 1.54) is 23.5 Å². The Labute approximate surface area is 127 Å². The van der Waals surface area contributed by atoms with Crippen molar-refractivity contribution in [2.24, 2.45) is 0 Å². The molecule has 21 heavy (non-hydrogen) atoms. The van der Waals surface area contributed by atoms with Crippen molar-refractivity contribution < 1.29 is 12.8 Å². The summed E-state index contributed by atoms with van der Waals surface area (Å²) >= 11 is 1.48. The third-order valence-electron chi connectivity index (χ3n) is 3.06. The van der Waals surface area contributed by atoms with Crippen LogP contribution in [0.2, 0.25) is 0 Å². The monoisotopic (exact) mass is 328 g/mol.